The largest absolute Gasteiger partial charge is 0.396 e. The van der Waals surface area contributed by atoms with E-state index in [1.54, 1.807) is 0 Å². The molecule has 1 amide bonds. The van der Waals surface area contributed by atoms with Crippen molar-refractivity contribution in [2.24, 2.45) is 5.41 Å². The van der Waals surface area contributed by atoms with Crippen LogP contribution in [0.15, 0.2) is 28.7 Å². The van der Waals surface area contributed by atoms with Crippen molar-refractivity contribution in [2.45, 2.75) is 31.1 Å². The van der Waals surface area contributed by atoms with E-state index >= 15 is 0 Å². The maximum atomic E-state index is 12.4. The fourth-order valence-electron chi connectivity index (χ4n) is 2.55. The minimum atomic E-state index is -0.313. The lowest BCUT2D eigenvalue weighted by Gasteiger charge is -2.18. The van der Waals surface area contributed by atoms with Crippen LogP contribution < -0.4 is 5.32 Å². The highest BCUT2D eigenvalue weighted by Gasteiger charge is 2.52. The molecule has 0 atom stereocenters. The molecule has 0 unspecified atom stereocenters. The van der Waals surface area contributed by atoms with Gasteiger partial charge in [-0.2, -0.15) is 0 Å². The van der Waals surface area contributed by atoms with Gasteiger partial charge in [0.2, 0.25) is 5.91 Å². The van der Waals surface area contributed by atoms with E-state index in [9.17, 15) is 9.90 Å². The zero-order valence-corrected chi connectivity index (χ0v) is 12.4. The lowest BCUT2D eigenvalue weighted by molar-refractivity contribution is -0.123. The molecule has 2 aliphatic rings. The molecule has 102 valence electrons. The van der Waals surface area contributed by atoms with Crippen molar-refractivity contribution in [1.82, 2.24) is 5.32 Å². The van der Waals surface area contributed by atoms with E-state index in [1.807, 2.05) is 24.3 Å². The van der Waals surface area contributed by atoms with Crippen molar-refractivity contribution in [3.8, 4) is 0 Å². The number of halogens is 1. The Morgan fingerprint density at radius 1 is 1.21 bits per heavy atom. The van der Waals surface area contributed by atoms with Gasteiger partial charge in [0, 0.05) is 16.4 Å². The minimum Gasteiger partial charge on any atom is -0.396 e. The van der Waals surface area contributed by atoms with Crippen LogP contribution in [0.4, 0.5) is 0 Å². The normalized spacial score (nSPS) is 21.8. The average Bonchev–Trinajstić information content (AvgIpc) is 3.32. The van der Waals surface area contributed by atoms with Crippen LogP contribution in [0, 0.1) is 5.41 Å². The highest BCUT2D eigenvalue weighted by Crippen LogP contribution is 2.49. The molecule has 0 heterocycles. The molecule has 0 bridgehead atoms. The van der Waals surface area contributed by atoms with Crippen LogP contribution in [0.2, 0.25) is 0 Å². The van der Waals surface area contributed by atoms with Gasteiger partial charge in [0.1, 0.15) is 0 Å². The Balaban J connectivity index is 1.67. The van der Waals surface area contributed by atoms with Crippen LogP contribution in [0.25, 0.3) is 0 Å². The van der Waals surface area contributed by atoms with Crippen LogP contribution in [0.1, 0.15) is 31.2 Å². The molecule has 0 radical (unpaired) electrons. The van der Waals surface area contributed by atoms with Crippen molar-refractivity contribution < 1.29 is 9.90 Å². The highest BCUT2D eigenvalue weighted by atomic mass is 79.9. The van der Waals surface area contributed by atoms with Crippen molar-refractivity contribution in [3.63, 3.8) is 0 Å². The summed E-state index contributed by atoms with van der Waals surface area (Å²) in [5.74, 6) is 0.120. The summed E-state index contributed by atoms with van der Waals surface area (Å²) >= 11 is 3.42. The van der Waals surface area contributed by atoms with Crippen molar-refractivity contribution >= 4 is 21.8 Å². The summed E-state index contributed by atoms with van der Waals surface area (Å²) in [5.41, 5.74) is 0.763. The van der Waals surface area contributed by atoms with E-state index in [-0.39, 0.29) is 23.3 Å². The van der Waals surface area contributed by atoms with Gasteiger partial charge >= 0.3 is 0 Å². The fourth-order valence-corrected chi connectivity index (χ4v) is 2.81. The van der Waals surface area contributed by atoms with Crippen LogP contribution in [-0.2, 0) is 10.2 Å². The highest BCUT2D eigenvalue weighted by molar-refractivity contribution is 9.10. The Hall–Kier alpha value is -0.870. The second-order valence-corrected chi connectivity index (χ2v) is 6.85. The summed E-state index contributed by atoms with van der Waals surface area (Å²) in [6.07, 6.45) is 3.89. The summed E-state index contributed by atoms with van der Waals surface area (Å²) in [5, 5.41) is 12.3. The van der Waals surface area contributed by atoms with Gasteiger partial charge in [-0.1, -0.05) is 28.1 Å². The third-order valence-electron chi connectivity index (χ3n) is 4.50. The Morgan fingerprint density at radius 2 is 1.84 bits per heavy atom. The molecule has 2 aliphatic carbocycles. The zero-order valence-electron chi connectivity index (χ0n) is 10.8. The molecule has 19 heavy (non-hydrogen) atoms. The number of aliphatic hydroxyl groups is 1. The van der Waals surface area contributed by atoms with Gasteiger partial charge in [0.15, 0.2) is 0 Å². The van der Waals surface area contributed by atoms with Gasteiger partial charge in [0.25, 0.3) is 0 Å². The molecule has 1 aromatic carbocycles. The number of hydrogen-bond acceptors (Lipinski definition) is 2. The van der Waals surface area contributed by atoms with E-state index in [0.29, 0.717) is 6.54 Å². The molecule has 0 aliphatic heterocycles. The van der Waals surface area contributed by atoms with Gasteiger partial charge in [-0.3, -0.25) is 4.79 Å². The standard InChI is InChI=1S/C15H18BrNO2/c16-12-3-1-11(2-4-12)15(7-8-15)13(19)17-9-14(10-18)5-6-14/h1-4,18H,5-10H2,(H,17,19). The van der Waals surface area contributed by atoms with Crippen molar-refractivity contribution in [3.05, 3.63) is 34.3 Å². The Bertz CT molecular complexity index is 489. The number of hydrogen-bond donors (Lipinski definition) is 2. The van der Waals surface area contributed by atoms with E-state index in [1.165, 1.54) is 0 Å². The zero-order chi connectivity index (χ0) is 13.5. The predicted octanol–water partition coefficient (Wildman–Crippen LogP) is 2.37. The average molecular weight is 324 g/mol. The summed E-state index contributed by atoms with van der Waals surface area (Å²) < 4.78 is 1.03. The number of amides is 1. The molecule has 0 saturated heterocycles. The van der Waals surface area contributed by atoms with Crippen LogP contribution >= 0.6 is 15.9 Å². The Kier molecular flexibility index (Phi) is 3.18. The minimum absolute atomic E-state index is 0.0224. The van der Waals surface area contributed by atoms with Crippen LogP contribution in [0.3, 0.4) is 0 Å². The number of aliphatic hydroxyl groups excluding tert-OH is 1. The van der Waals surface area contributed by atoms with E-state index in [0.717, 1.165) is 35.7 Å². The maximum absolute atomic E-state index is 12.4. The SMILES string of the molecule is O=C(NCC1(CO)CC1)C1(c2ccc(Br)cc2)CC1. The molecular weight excluding hydrogens is 306 g/mol. The number of benzene rings is 1. The Labute approximate surface area is 121 Å². The predicted molar refractivity (Wildman–Crippen MR) is 76.8 cm³/mol. The van der Waals surface area contributed by atoms with E-state index in [4.69, 9.17) is 0 Å². The van der Waals surface area contributed by atoms with Crippen molar-refractivity contribution in [1.29, 1.82) is 0 Å². The summed E-state index contributed by atoms with van der Waals surface area (Å²) in [6.45, 7) is 0.791. The molecule has 2 saturated carbocycles. The summed E-state index contributed by atoms with van der Waals surface area (Å²) in [4.78, 5) is 12.4. The van der Waals surface area contributed by atoms with E-state index < -0.39 is 0 Å². The van der Waals surface area contributed by atoms with Gasteiger partial charge < -0.3 is 10.4 Å². The van der Waals surface area contributed by atoms with Crippen LogP contribution in [0.5, 0.6) is 0 Å². The molecule has 0 aromatic heterocycles. The molecule has 3 nitrogen and oxygen atoms in total. The maximum Gasteiger partial charge on any atom is 0.230 e. The van der Waals surface area contributed by atoms with Gasteiger partial charge in [0.05, 0.1) is 12.0 Å². The number of carbonyl (C=O) groups is 1. The quantitative estimate of drug-likeness (QED) is 0.874. The molecule has 1 aromatic rings. The number of nitrogens with one attached hydrogen (secondary N) is 1. The number of rotatable bonds is 5. The number of carbonyl (C=O) groups excluding carboxylic acids is 1. The van der Waals surface area contributed by atoms with Gasteiger partial charge in [-0.05, 0) is 43.4 Å². The molecule has 4 heteroatoms. The summed E-state index contributed by atoms with van der Waals surface area (Å²) in [7, 11) is 0. The van der Waals surface area contributed by atoms with Crippen LogP contribution in [-0.4, -0.2) is 24.2 Å². The second-order valence-electron chi connectivity index (χ2n) is 5.93. The molecular formula is C15H18BrNO2. The van der Waals surface area contributed by atoms with E-state index in [2.05, 4.69) is 21.2 Å². The molecule has 2 fully saturated rings. The lowest BCUT2D eigenvalue weighted by atomic mass is 9.94. The third kappa shape index (κ3) is 2.43. The molecule has 2 N–H and O–H groups in total. The first kappa shape index (κ1) is 13.1. The third-order valence-corrected chi connectivity index (χ3v) is 5.03. The van der Waals surface area contributed by atoms with Gasteiger partial charge in [-0.15, -0.1) is 0 Å². The fraction of sp³-hybridized carbons (Fsp3) is 0.533. The first-order valence-electron chi connectivity index (χ1n) is 6.76. The summed E-state index contributed by atoms with van der Waals surface area (Å²) in [6, 6.07) is 8.02. The van der Waals surface area contributed by atoms with Crippen molar-refractivity contribution in [2.75, 3.05) is 13.2 Å². The van der Waals surface area contributed by atoms with Gasteiger partial charge in [-0.25, -0.2) is 0 Å². The lowest BCUT2D eigenvalue weighted by Crippen LogP contribution is -2.39. The topological polar surface area (TPSA) is 49.3 Å². The molecule has 3 rings (SSSR count). The smallest absolute Gasteiger partial charge is 0.230 e. The monoisotopic (exact) mass is 323 g/mol. The first-order chi connectivity index (χ1) is 9.10. The second kappa shape index (κ2) is 4.60. The first-order valence-corrected chi connectivity index (χ1v) is 7.55. The molecule has 0 spiro atoms. The Morgan fingerprint density at radius 3 is 2.32 bits per heavy atom.